The summed E-state index contributed by atoms with van der Waals surface area (Å²) in [6, 6.07) is 6.37. The largest absolute Gasteiger partial charge is 0.497 e. The molecule has 0 saturated carbocycles. The van der Waals surface area contributed by atoms with Gasteiger partial charge in [0, 0.05) is 11.3 Å². The average Bonchev–Trinajstić information content (AvgIpc) is 2.27. The van der Waals surface area contributed by atoms with Gasteiger partial charge in [-0.3, -0.25) is 0 Å². The number of alkyl halides is 1. The first-order valence-corrected chi connectivity index (χ1v) is 5.97. The maximum Gasteiger partial charge on any atom is 0.119 e. The highest BCUT2D eigenvalue weighted by molar-refractivity contribution is 6.20. The first kappa shape index (κ1) is 10.8. The molecular weight excluding hydrogens is 208 g/mol. The molecule has 0 radical (unpaired) electrons. The summed E-state index contributed by atoms with van der Waals surface area (Å²) in [7, 11) is 1.71. The highest BCUT2D eigenvalue weighted by Crippen LogP contribution is 2.37. The zero-order chi connectivity index (χ0) is 10.8. The molecule has 82 valence electrons. The van der Waals surface area contributed by atoms with Crippen molar-refractivity contribution in [3.05, 3.63) is 29.3 Å². The van der Waals surface area contributed by atoms with Crippen LogP contribution in [0.15, 0.2) is 18.2 Å². The average molecular weight is 225 g/mol. The van der Waals surface area contributed by atoms with Gasteiger partial charge < -0.3 is 4.74 Å². The van der Waals surface area contributed by atoms with E-state index in [1.807, 2.05) is 6.07 Å². The molecule has 0 saturated heterocycles. The fraction of sp³-hybridized carbons (Fsp3) is 0.538. The molecule has 1 aliphatic carbocycles. The predicted octanol–water partition coefficient (Wildman–Crippen LogP) is 3.74. The Morgan fingerprint density at radius 3 is 2.93 bits per heavy atom. The van der Waals surface area contributed by atoms with Crippen LogP contribution in [-0.4, -0.2) is 12.5 Å². The van der Waals surface area contributed by atoms with Crippen LogP contribution in [0.4, 0.5) is 0 Å². The van der Waals surface area contributed by atoms with Gasteiger partial charge in [0.05, 0.1) is 7.11 Å². The van der Waals surface area contributed by atoms with Crippen molar-refractivity contribution in [2.75, 3.05) is 7.11 Å². The number of fused-ring (bicyclic) bond motifs is 1. The SMILES string of the molecule is COc1ccc2c(c1)C(C(C)Cl)CCC2. The van der Waals surface area contributed by atoms with E-state index in [9.17, 15) is 0 Å². The van der Waals surface area contributed by atoms with E-state index in [1.165, 1.54) is 30.4 Å². The molecule has 1 aromatic carbocycles. The van der Waals surface area contributed by atoms with Gasteiger partial charge in [-0.2, -0.15) is 0 Å². The van der Waals surface area contributed by atoms with E-state index in [-0.39, 0.29) is 5.38 Å². The Hall–Kier alpha value is -0.690. The lowest BCUT2D eigenvalue weighted by atomic mass is 9.81. The number of hydrogen-bond donors (Lipinski definition) is 0. The Morgan fingerprint density at radius 2 is 2.27 bits per heavy atom. The van der Waals surface area contributed by atoms with Crippen molar-refractivity contribution in [2.24, 2.45) is 0 Å². The van der Waals surface area contributed by atoms with Crippen LogP contribution >= 0.6 is 11.6 Å². The summed E-state index contributed by atoms with van der Waals surface area (Å²) in [5, 5.41) is 0.205. The van der Waals surface area contributed by atoms with E-state index in [1.54, 1.807) is 7.11 Å². The van der Waals surface area contributed by atoms with Crippen molar-refractivity contribution in [1.82, 2.24) is 0 Å². The van der Waals surface area contributed by atoms with Crippen molar-refractivity contribution < 1.29 is 4.74 Å². The fourth-order valence-corrected chi connectivity index (χ4v) is 2.68. The molecule has 0 bridgehead atoms. The molecule has 15 heavy (non-hydrogen) atoms. The molecule has 2 heteroatoms. The van der Waals surface area contributed by atoms with E-state index in [2.05, 4.69) is 19.1 Å². The number of hydrogen-bond acceptors (Lipinski definition) is 1. The van der Waals surface area contributed by atoms with Crippen LogP contribution in [0.2, 0.25) is 0 Å². The summed E-state index contributed by atoms with van der Waals surface area (Å²) in [6.45, 7) is 2.08. The number of aryl methyl sites for hydroxylation is 1. The van der Waals surface area contributed by atoms with E-state index < -0.39 is 0 Å². The summed E-state index contributed by atoms with van der Waals surface area (Å²) in [5.74, 6) is 1.43. The van der Waals surface area contributed by atoms with Crippen molar-refractivity contribution in [2.45, 2.75) is 37.5 Å². The smallest absolute Gasteiger partial charge is 0.119 e. The molecule has 0 amide bonds. The van der Waals surface area contributed by atoms with Crippen LogP contribution in [0.1, 0.15) is 36.8 Å². The van der Waals surface area contributed by atoms with Crippen LogP contribution in [0.3, 0.4) is 0 Å². The lowest BCUT2D eigenvalue weighted by Crippen LogP contribution is -2.16. The van der Waals surface area contributed by atoms with Crippen LogP contribution in [0.5, 0.6) is 5.75 Å². The van der Waals surface area contributed by atoms with Gasteiger partial charge in [-0.05, 0) is 49.4 Å². The molecule has 0 spiro atoms. The van der Waals surface area contributed by atoms with Gasteiger partial charge >= 0.3 is 0 Å². The van der Waals surface area contributed by atoms with Gasteiger partial charge in [0.2, 0.25) is 0 Å². The summed E-state index contributed by atoms with van der Waals surface area (Å²) in [6.07, 6.45) is 3.63. The second-order valence-electron chi connectivity index (χ2n) is 4.24. The van der Waals surface area contributed by atoms with Crippen molar-refractivity contribution >= 4 is 11.6 Å². The molecule has 2 unspecified atom stereocenters. The quantitative estimate of drug-likeness (QED) is 0.696. The zero-order valence-corrected chi connectivity index (χ0v) is 10.1. The van der Waals surface area contributed by atoms with Gasteiger partial charge in [-0.1, -0.05) is 6.07 Å². The monoisotopic (exact) mass is 224 g/mol. The Labute approximate surface area is 96.4 Å². The van der Waals surface area contributed by atoms with Crippen molar-refractivity contribution in [3.63, 3.8) is 0 Å². The molecule has 0 heterocycles. The third-order valence-corrected chi connectivity index (χ3v) is 3.57. The highest BCUT2D eigenvalue weighted by Gasteiger charge is 2.24. The maximum absolute atomic E-state index is 6.24. The molecule has 2 atom stereocenters. The van der Waals surface area contributed by atoms with Gasteiger partial charge in [0.1, 0.15) is 5.75 Å². The minimum atomic E-state index is 0.205. The van der Waals surface area contributed by atoms with Gasteiger partial charge in [-0.25, -0.2) is 0 Å². The Balaban J connectivity index is 2.39. The predicted molar refractivity (Wildman–Crippen MR) is 64.0 cm³/mol. The molecule has 0 aliphatic heterocycles. The Kier molecular flexibility index (Phi) is 3.20. The van der Waals surface area contributed by atoms with Gasteiger partial charge in [0.25, 0.3) is 0 Å². The molecular formula is C13H17ClO. The Morgan fingerprint density at radius 1 is 1.47 bits per heavy atom. The van der Waals surface area contributed by atoms with Crippen LogP contribution in [-0.2, 0) is 6.42 Å². The summed E-state index contributed by atoms with van der Waals surface area (Å²) in [4.78, 5) is 0. The standard InChI is InChI=1S/C13H17ClO/c1-9(14)12-5-3-4-10-6-7-11(15-2)8-13(10)12/h6-9,12H,3-5H2,1-2H3. The first-order chi connectivity index (χ1) is 7.22. The second-order valence-corrected chi connectivity index (χ2v) is 4.93. The highest BCUT2D eigenvalue weighted by atomic mass is 35.5. The molecule has 0 aromatic heterocycles. The number of halogens is 1. The van der Waals surface area contributed by atoms with Crippen LogP contribution in [0, 0.1) is 0 Å². The minimum absolute atomic E-state index is 0.205. The van der Waals surface area contributed by atoms with E-state index in [4.69, 9.17) is 16.3 Å². The first-order valence-electron chi connectivity index (χ1n) is 5.53. The van der Waals surface area contributed by atoms with Crippen LogP contribution < -0.4 is 4.74 Å². The minimum Gasteiger partial charge on any atom is -0.497 e. The molecule has 1 aromatic rings. The molecule has 0 N–H and O–H groups in total. The van der Waals surface area contributed by atoms with Gasteiger partial charge in [-0.15, -0.1) is 11.6 Å². The summed E-state index contributed by atoms with van der Waals surface area (Å²) in [5.41, 5.74) is 2.84. The maximum atomic E-state index is 6.24. The van der Waals surface area contributed by atoms with E-state index in [0.717, 1.165) is 5.75 Å². The topological polar surface area (TPSA) is 9.23 Å². The molecule has 1 aliphatic rings. The third-order valence-electron chi connectivity index (χ3n) is 3.27. The summed E-state index contributed by atoms with van der Waals surface area (Å²) >= 11 is 6.24. The van der Waals surface area contributed by atoms with Crippen LogP contribution in [0.25, 0.3) is 0 Å². The molecule has 2 rings (SSSR count). The van der Waals surface area contributed by atoms with Gasteiger partial charge in [0.15, 0.2) is 0 Å². The lowest BCUT2D eigenvalue weighted by molar-refractivity contribution is 0.412. The fourth-order valence-electron chi connectivity index (χ4n) is 2.42. The second kappa shape index (κ2) is 4.44. The van der Waals surface area contributed by atoms with E-state index in [0.29, 0.717) is 5.92 Å². The van der Waals surface area contributed by atoms with Crippen molar-refractivity contribution in [1.29, 1.82) is 0 Å². The number of methoxy groups -OCH3 is 1. The molecule has 0 fully saturated rings. The summed E-state index contributed by atoms with van der Waals surface area (Å²) < 4.78 is 5.27. The van der Waals surface area contributed by atoms with E-state index >= 15 is 0 Å². The zero-order valence-electron chi connectivity index (χ0n) is 9.29. The Bertz CT molecular complexity index is 346. The number of ether oxygens (including phenoxy) is 1. The normalized spacial score (nSPS) is 21.9. The van der Waals surface area contributed by atoms with Crippen molar-refractivity contribution in [3.8, 4) is 5.75 Å². The number of rotatable bonds is 2. The number of benzene rings is 1. The third kappa shape index (κ3) is 2.12. The molecule has 1 nitrogen and oxygen atoms in total. The lowest BCUT2D eigenvalue weighted by Gasteiger charge is -2.27.